The van der Waals surface area contributed by atoms with E-state index in [1.54, 1.807) is 92.5 Å². The number of carbonyl (C=O) groups excluding carboxylic acids is 3. The van der Waals surface area contributed by atoms with Crippen molar-refractivity contribution in [1.82, 2.24) is 79.4 Å². The number of carboxylic acids is 1. The van der Waals surface area contributed by atoms with Crippen LogP contribution < -0.4 is 24.2 Å². The summed E-state index contributed by atoms with van der Waals surface area (Å²) in [6.07, 6.45) is 5.53. The normalized spacial score (nSPS) is 10.5. The Morgan fingerprint density at radius 2 is 0.905 bits per heavy atom. The minimum Gasteiger partial charge on any atom is -0.870 e. The van der Waals surface area contributed by atoms with Gasteiger partial charge in [-0.2, -0.15) is 20.4 Å². The van der Waals surface area contributed by atoms with Gasteiger partial charge in [0.25, 0.3) is 5.91 Å². The summed E-state index contributed by atoms with van der Waals surface area (Å²) in [6, 6.07) is 6.84. The van der Waals surface area contributed by atoms with E-state index in [1.165, 1.54) is 58.8 Å². The van der Waals surface area contributed by atoms with E-state index < -0.39 is 17.9 Å². The Bertz CT molecular complexity index is 4730. The summed E-state index contributed by atoms with van der Waals surface area (Å²) in [5, 5.41) is 44.0. The zero-order chi connectivity index (χ0) is 65.8. The number of anilines is 1. The maximum absolute atomic E-state index is 12.6. The summed E-state index contributed by atoms with van der Waals surface area (Å²) in [4.78, 5) is 80.8. The number of alkyl halides is 1. The van der Waals surface area contributed by atoms with Crippen LogP contribution in [0.5, 0.6) is 0 Å². The fourth-order valence-corrected chi connectivity index (χ4v) is 12.7. The number of rotatable bonds is 14. The molecule has 1 amide bonds. The van der Waals surface area contributed by atoms with Crippen LogP contribution in [0.3, 0.4) is 0 Å². The van der Waals surface area contributed by atoms with Crippen molar-refractivity contribution in [2.24, 2.45) is 0 Å². The number of hydrogen-bond donors (Lipinski definition) is 3. The number of halogens is 6. The Labute approximate surface area is 599 Å². The third-order valence-electron chi connectivity index (χ3n) is 12.9. The number of ether oxygens (including phenoxy) is 2. The van der Waals surface area contributed by atoms with Crippen molar-refractivity contribution in [3.63, 3.8) is 0 Å². The molecule has 13 rings (SSSR count). The molecule has 0 spiro atoms. The van der Waals surface area contributed by atoms with Gasteiger partial charge in [-0.25, -0.2) is 68.3 Å². The van der Waals surface area contributed by atoms with Crippen LogP contribution in [0.1, 0.15) is 108 Å². The maximum Gasteiger partial charge on any atom is 1.00 e. The smallest absolute Gasteiger partial charge is 0.870 e. The summed E-state index contributed by atoms with van der Waals surface area (Å²) < 4.78 is 15.0. The topological polar surface area (TPSA) is 334 Å². The Hall–Kier alpha value is -7.60. The zero-order valence-electron chi connectivity index (χ0n) is 50.4. The quantitative estimate of drug-likeness (QED) is 0.0517. The third-order valence-corrected chi connectivity index (χ3v) is 17.5. The summed E-state index contributed by atoms with van der Waals surface area (Å²) >= 11 is 42.6. The predicted molar refractivity (Wildman–Crippen MR) is 368 cm³/mol. The van der Waals surface area contributed by atoms with Gasteiger partial charge in [-0.1, -0.05) is 65.4 Å². The zero-order valence-corrected chi connectivity index (χ0v) is 58.2. The summed E-state index contributed by atoms with van der Waals surface area (Å²) in [6.45, 7) is 12.8. The molecule has 25 nitrogen and oxygen atoms in total. The number of amides is 1. The summed E-state index contributed by atoms with van der Waals surface area (Å²) in [5.74, 6) is -1.86. The van der Waals surface area contributed by atoms with Crippen LogP contribution in [0.25, 0.3) is 44.1 Å². The van der Waals surface area contributed by atoms with Gasteiger partial charge in [0.05, 0.1) is 165 Å². The molecule has 13 aromatic rings. The van der Waals surface area contributed by atoms with Crippen molar-refractivity contribution in [2.75, 3.05) is 18.5 Å². The van der Waals surface area contributed by atoms with E-state index in [1.807, 2.05) is 42.3 Å². The molecule has 0 saturated heterocycles. The van der Waals surface area contributed by atoms with Crippen LogP contribution in [0, 0.1) is 27.7 Å². The molecule has 0 radical (unpaired) electrons. The number of nitrogens with zero attached hydrogens (tertiary/aromatic N) is 15. The van der Waals surface area contributed by atoms with E-state index >= 15 is 0 Å². The Morgan fingerprint density at radius 3 is 1.28 bits per heavy atom. The predicted octanol–water partition coefficient (Wildman–Crippen LogP) is 11.9. The number of hydrogen-bond acceptors (Lipinski definition) is 23. The van der Waals surface area contributed by atoms with Gasteiger partial charge in [-0.3, -0.25) is 9.89 Å². The molecule has 0 aliphatic carbocycles. The minimum atomic E-state index is -1.10. The first-order valence-corrected chi connectivity index (χ1v) is 33.2. The number of aromatic amines is 1. The molecule has 1 aromatic carbocycles. The fourth-order valence-electron chi connectivity index (χ4n) is 8.70. The van der Waals surface area contributed by atoms with E-state index in [-0.39, 0.29) is 71.6 Å². The Morgan fingerprint density at radius 1 is 0.537 bits per heavy atom. The SMILES string of the molecule is C.CCOC(=O)c1cnc2c(c(C)nn2Cc2cscn2)c1Cl.CCOC(=O)c1cnc2n[nH]c(C)c2c1Cl.Cc1nn(Cc2cscn2)c2ncc(C(=O)Nc3ccc(Cl)cc3)c(Cl)c12.Cc1nn(Cc2cscn2)c2ncc(C(=O)O)c(Cl)c12.ClCc1cscn1.[Li+].[OH-]. The van der Waals surface area contributed by atoms with Gasteiger partial charge in [0.1, 0.15) is 0 Å². The van der Waals surface area contributed by atoms with Crippen molar-refractivity contribution >= 4 is 189 Å². The van der Waals surface area contributed by atoms with Crippen LogP contribution in [0.4, 0.5) is 5.69 Å². The fraction of sp³-hybridized carbons (Fsp3) is 0.220. The van der Waals surface area contributed by atoms with Crippen LogP contribution >= 0.6 is 115 Å². The monoisotopic (exact) mass is 1470 g/mol. The number of pyridine rings is 4. The number of H-pyrrole nitrogens is 1. The molecule has 0 aliphatic rings. The molecular weight excluding hydrogens is 1420 g/mol. The average Bonchev–Trinajstić information content (AvgIpc) is 1.67. The molecule has 4 N–H and O–H groups in total. The molecule has 490 valence electrons. The van der Waals surface area contributed by atoms with Crippen molar-refractivity contribution in [2.45, 2.75) is 74.5 Å². The molecule has 0 atom stereocenters. The standard InChI is InChI=1S/C18H13Cl2N5OS.C14H13ClN4O2S.C12H9ClN4O2S.C10H10ClN3O2.C4H4ClNS.CH4.Li.H2O/c1-10-15-16(20)14(18(26)23-12-4-2-11(19)3-5-12)6-21-17(15)25(24-10)7-13-8-27-9-22-13;1-3-21-14(20)10-4-16-13-11(12(10)15)8(2)18-19(13)5-9-6-22-7-17-9;1-6-9-10(13)8(12(18)19)2-14-11(9)17(16-6)3-7-4-20-5-15-7;1-3-16-10(15)6-4-12-9-7(8(6)11)5(2)13-14-9;5-1-4-2-7-3-6-4;;;/h2-6,8-9H,7H2,1H3,(H,23,26);4,6-7H,3,5H2,1-2H3;2,4-5H,3H2,1H3,(H,18,19);4H,3H2,1-2H3,(H,12,13,14);2-3H,1H2;1H4;;1H2/q;;;;;;+1;/p-1. The second-order valence-corrected chi connectivity index (χ2v) is 24.2. The number of aryl methyl sites for hydroxylation is 4. The first-order valence-electron chi connectivity index (χ1n) is 27.0. The maximum atomic E-state index is 12.6. The van der Waals surface area contributed by atoms with Crippen LogP contribution in [0.15, 0.2) is 92.6 Å². The molecular formula is C59H54Cl6LiN17O8S4. The Balaban J connectivity index is 0.000000194. The number of aromatic carboxylic acids is 1. The van der Waals surface area contributed by atoms with Crippen molar-refractivity contribution in [1.29, 1.82) is 0 Å². The van der Waals surface area contributed by atoms with Crippen LogP contribution in [0.2, 0.25) is 25.1 Å². The molecule has 0 unspecified atom stereocenters. The molecule has 36 heteroatoms. The van der Waals surface area contributed by atoms with E-state index in [9.17, 15) is 19.2 Å². The first-order chi connectivity index (χ1) is 44.3. The first kappa shape index (κ1) is 76.4. The van der Waals surface area contributed by atoms with E-state index in [0.717, 1.165) is 28.5 Å². The third kappa shape index (κ3) is 18.3. The van der Waals surface area contributed by atoms with Gasteiger partial charge >= 0.3 is 36.8 Å². The van der Waals surface area contributed by atoms with Gasteiger partial charge in [-0.05, 0) is 65.8 Å². The van der Waals surface area contributed by atoms with Gasteiger partial charge in [-0.15, -0.1) is 56.9 Å². The van der Waals surface area contributed by atoms with E-state index in [4.69, 9.17) is 84.2 Å². The summed E-state index contributed by atoms with van der Waals surface area (Å²) in [5.41, 5.74) is 17.3. The molecule has 0 bridgehead atoms. The molecule has 0 fully saturated rings. The Kier molecular flexibility index (Phi) is 28.5. The number of carbonyl (C=O) groups is 4. The van der Waals surface area contributed by atoms with Crippen molar-refractivity contribution in [3.8, 4) is 0 Å². The second kappa shape index (κ2) is 35.4. The molecule has 0 aliphatic heterocycles. The number of benzene rings is 1. The second-order valence-electron chi connectivity index (χ2n) is 19.1. The van der Waals surface area contributed by atoms with Gasteiger partial charge in [0.15, 0.2) is 22.6 Å². The number of aromatic nitrogens is 16. The largest absolute Gasteiger partial charge is 1.00 e. The number of carboxylic acid groups (broad SMARTS) is 1. The van der Waals surface area contributed by atoms with Crippen molar-refractivity contribution in [3.05, 3.63) is 186 Å². The number of fused-ring (bicyclic) bond motifs is 4. The van der Waals surface area contributed by atoms with Gasteiger partial charge in [0, 0.05) is 62.7 Å². The summed E-state index contributed by atoms with van der Waals surface area (Å²) in [7, 11) is 0. The molecule has 12 aromatic heterocycles. The number of nitrogens with one attached hydrogen (secondary N) is 2. The molecule has 12 heterocycles. The van der Waals surface area contributed by atoms with Gasteiger partial charge < -0.3 is 25.4 Å². The number of esters is 2. The molecule has 95 heavy (non-hydrogen) atoms. The van der Waals surface area contributed by atoms with E-state index in [0.29, 0.717) is 119 Å². The van der Waals surface area contributed by atoms with E-state index in [2.05, 4.69) is 70.7 Å². The van der Waals surface area contributed by atoms with Crippen LogP contribution in [-0.2, 0) is 35.0 Å². The molecule has 0 saturated carbocycles. The van der Waals surface area contributed by atoms with Gasteiger partial charge in [0.2, 0.25) is 0 Å². The van der Waals surface area contributed by atoms with Crippen molar-refractivity contribution < 1.29 is 58.1 Å². The van der Waals surface area contributed by atoms with Crippen LogP contribution in [-0.4, -0.2) is 127 Å². The average molecular weight is 1480 g/mol. The number of thiazole rings is 4. The minimum absolute atomic E-state index is 0.